The zero-order valence-electron chi connectivity index (χ0n) is 8.08. The Balaban J connectivity index is 3.13. The van der Waals surface area contributed by atoms with Crippen LogP contribution in [-0.2, 0) is 4.79 Å². The van der Waals surface area contributed by atoms with Crippen LogP contribution in [0.5, 0.6) is 5.88 Å². The van der Waals surface area contributed by atoms with Gasteiger partial charge in [-0.3, -0.25) is 10.1 Å². The number of methoxy groups -OCH3 is 1. The maximum atomic E-state index is 10.6. The molecule has 1 atom stereocenters. The van der Waals surface area contributed by atoms with Gasteiger partial charge in [0, 0.05) is 0 Å². The summed E-state index contributed by atoms with van der Waals surface area (Å²) in [6.07, 6.45) is 1.03. The van der Waals surface area contributed by atoms with Gasteiger partial charge >= 0.3 is 17.5 Å². The summed E-state index contributed by atoms with van der Waals surface area (Å²) >= 11 is 0. The van der Waals surface area contributed by atoms with E-state index in [4.69, 9.17) is 5.11 Å². The molecule has 8 heteroatoms. The summed E-state index contributed by atoms with van der Waals surface area (Å²) in [7, 11) is 1.23. The molecule has 0 saturated carbocycles. The fraction of sp³-hybridized carbons (Fsp3) is 0.429. The molecule has 1 rings (SSSR count). The molecule has 8 nitrogen and oxygen atoms in total. The molecule has 0 aliphatic rings. The van der Waals surface area contributed by atoms with Crippen LogP contribution >= 0.6 is 0 Å². The van der Waals surface area contributed by atoms with Gasteiger partial charge in [0.2, 0.25) is 0 Å². The molecule has 0 unspecified atom stereocenters. The van der Waals surface area contributed by atoms with Gasteiger partial charge in [-0.1, -0.05) is 0 Å². The predicted molar refractivity (Wildman–Crippen MR) is 47.8 cm³/mol. The molecule has 0 radical (unpaired) electrons. The lowest BCUT2D eigenvalue weighted by atomic mass is 10.3. The number of ether oxygens (including phenoxy) is 1. The molecular formula is C7H9N3O5. The third kappa shape index (κ3) is 2.03. The second-order valence-electron chi connectivity index (χ2n) is 2.77. The van der Waals surface area contributed by atoms with E-state index in [9.17, 15) is 14.9 Å². The molecular weight excluding hydrogens is 206 g/mol. The largest absolute Gasteiger partial charge is 0.480 e. The summed E-state index contributed by atoms with van der Waals surface area (Å²) in [4.78, 5) is 20.4. The van der Waals surface area contributed by atoms with E-state index in [1.165, 1.54) is 14.0 Å². The van der Waals surface area contributed by atoms with Crippen LogP contribution in [0.3, 0.4) is 0 Å². The highest BCUT2D eigenvalue weighted by molar-refractivity contribution is 5.71. The maximum absolute atomic E-state index is 10.6. The van der Waals surface area contributed by atoms with Crippen molar-refractivity contribution < 1.29 is 19.6 Å². The van der Waals surface area contributed by atoms with E-state index in [1.807, 2.05) is 0 Å². The van der Waals surface area contributed by atoms with Gasteiger partial charge in [-0.15, -0.1) is 5.10 Å². The van der Waals surface area contributed by atoms with Crippen LogP contribution in [0.25, 0.3) is 0 Å². The van der Waals surface area contributed by atoms with Crippen molar-refractivity contribution in [2.45, 2.75) is 13.0 Å². The highest BCUT2D eigenvalue weighted by atomic mass is 16.6. The number of nitrogens with zero attached hydrogens (tertiary/aromatic N) is 3. The van der Waals surface area contributed by atoms with Crippen molar-refractivity contribution in [3.63, 3.8) is 0 Å². The minimum absolute atomic E-state index is 0.201. The third-order valence-electron chi connectivity index (χ3n) is 1.82. The van der Waals surface area contributed by atoms with Crippen molar-refractivity contribution in [3.8, 4) is 5.88 Å². The number of hydrogen-bond donors (Lipinski definition) is 1. The first-order valence-electron chi connectivity index (χ1n) is 3.97. The van der Waals surface area contributed by atoms with Crippen molar-refractivity contribution in [1.82, 2.24) is 9.78 Å². The lowest BCUT2D eigenvalue weighted by Gasteiger charge is -2.03. The van der Waals surface area contributed by atoms with Gasteiger partial charge in [0.05, 0.1) is 12.0 Å². The summed E-state index contributed by atoms with van der Waals surface area (Å²) in [5.41, 5.74) is -0.356. The van der Waals surface area contributed by atoms with E-state index in [0.717, 1.165) is 10.9 Å². The minimum atomic E-state index is -1.13. The number of carbonyl (C=O) groups is 1. The van der Waals surface area contributed by atoms with Crippen LogP contribution in [0, 0.1) is 10.1 Å². The highest BCUT2D eigenvalue weighted by Gasteiger charge is 2.24. The van der Waals surface area contributed by atoms with Crippen LogP contribution in [0.15, 0.2) is 6.20 Å². The standard InChI is InChI=1S/C7H9N3O5/c1-4(7(11)12)9-3-5(10(13)14)6(8-9)15-2/h3-4H,1-2H3,(H,11,12)/t4-/m0/s1. The van der Waals surface area contributed by atoms with E-state index in [2.05, 4.69) is 9.84 Å². The van der Waals surface area contributed by atoms with E-state index in [0.29, 0.717) is 0 Å². The SMILES string of the molecule is COc1nn([C@@H](C)C(=O)O)cc1[N+](=O)[O-]. The van der Waals surface area contributed by atoms with Crippen LogP contribution in [0.4, 0.5) is 5.69 Å². The molecule has 0 aliphatic heterocycles. The Hall–Kier alpha value is -2.12. The topological polar surface area (TPSA) is 107 Å². The molecule has 82 valence electrons. The Labute approximate surface area is 84.2 Å². The second kappa shape index (κ2) is 3.95. The molecule has 1 aromatic heterocycles. The molecule has 1 heterocycles. The summed E-state index contributed by atoms with van der Waals surface area (Å²) in [5, 5.41) is 22.8. The van der Waals surface area contributed by atoms with Crippen molar-refractivity contribution in [1.29, 1.82) is 0 Å². The summed E-state index contributed by atoms with van der Waals surface area (Å²) in [6.45, 7) is 1.36. The third-order valence-corrected chi connectivity index (χ3v) is 1.82. The molecule has 0 aliphatic carbocycles. The molecule has 1 N–H and O–H groups in total. The fourth-order valence-electron chi connectivity index (χ4n) is 0.948. The predicted octanol–water partition coefficient (Wildman–Crippen LogP) is 0.445. The second-order valence-corrected chi connectivity index (χ2v) is 2.77. The van der Waals surface area contributed by atoms with Gasteiger partial charge in [-0.05, 0) is 6.92 Å². The summed E-state index contributed by atoms with van der Waals surface area (Å²) in [5.74, 6) is -1.33. The molecule has 0 amide bonds. The highest BCUT2D eigenvalue weighted by Crippen LogP contribution is 2.25. The average Bonchev–Trinajstić information content (AvgIpc) is 2.59. The molecule has 1 aromatic rings. The quantitative estimate of drug-likeness (QED) is 0.576. The summed E-state index contributed by atoms with van der Waals surface area (Å²) in [6, 6.07) is -0.979. The summed E-state index contributed by atoms with van der Waals surface area (Å²) < 4.78 is 5.62. The van der Waals surface area contributed by atoms with Crippen LogP contribution in [0.1, 0.15) is 13.0 Å². The molecule has 0 spiro atoms. The zero-order chi connectivity index (χ0) is 11.6. The van der Waals surface area contributed by atoms with Gasteiger partial charge in [-0.25, -0.2) is 9.48 Å². The Morgan fingerprint density at radius 3 is 2.73 bits per heavy atom. The maximum Gasteiger partial charge on any atom is 0.350 e. The number of nitro groups is 1. The Morgan fingerprint density at radius 1 is 1.80 bits per heavy atom. The van der Waals surface area contributed by atoms with Crippen LogP contribution < -0.4 is 4.74 Å². The molecule has 0 bridgehead atoms. The molecule has 0 fully saturated rings. The van der Waals surface area contributed by atoms with E-state index in [-0.39, 0.29) is 11.6 Å². The molecule has 0 aromatic carbocycles. The van der Waals surface area contributed by atoms with E-state index >= 15 is 0 Å². The van der Waals surface area contributed by atoms with Gasteiger partial charge in [-0.2, -0.15) is 0 Å². The number of hydrogen-bond acceptors (Lipinski definition) is 5. The number of aromatic nitrogens is 2. The normalized spacial score (nSPS) is 12.1. The molecule has 0 saturated heterocycles. The lowest BCUT2D eigenvalue weighted by molar-refractivity contribution is -0.385. The Kier molecular flexibility index (Phi) is 2.88. The monoisotopic (exact) mass is 215 g/mol. The minimum Gasteiger partial charge on any atom is -0.480 e. The van der Waals surface area contributed by atoms with Crippen LogP contribution in [-0.4, -0.2) is 32.9 Å². The smallest absolute Gasteiger partial charge is 0.350 e. The van der Waals surface area contributed by atoms with Crippen LogP contribution in [0.2, 0.25) is 0 Å². The Morgan fingerprint density at radius 2 is 2.40 bits per heavy atom. The zero-order valence-corrected chi connectivity index (χ0v) is 8.08. The van der Waals surface area contributed by atoms with Gasteiger partial charge in [0.1, 0.15) is 12.2 Å². The number of rotatable bonds is 4. The van der Waals surface area contributed by atoms with Crippen molar-refractivity contribution in [2.75, 3.05) is 7.11 Å². The lowest BCUT2D eigenvalue weighted by Crippen LogP contribution is -2.15. The number of aliphatic carboxylic acids is 1. The van der Waals surface area contributed by atoms with E-state index < -0.39 is 16.9 Å². The number of carboxylic acid groups (broad SMARTS) is 1. The first kappa shape index (κ1) is 11.0. The van der Waals surface area contributed by atoms with Gasteiger partial charge in [0.15, 0.2) is 0 Å². The van der Waals surface area contributed by atoms with Crippen molar-refractivity contribution in [2.24, 2.45) is 0 Å². The average molecular weight is 215 g/mol. The van der Waals surface area contributed by atoms with Crippen molar-refractivity contribution >= 4 is 11.7 Å². The van der Waals surface area contributed by atoms with Gasteiger partial charge in [0.25, 0.3) is 0 Å². The van der Waals surface area contributed by atoms with Crippen molar-refractivity contribution in [3.05, 3.63) is 16.3 Å². The Bertz CT molecular complexity index is 399. The fourth-order valence-corrected chi connectivity index (χ4v) is 0.948. The first-order chi connectivity index (χ1) is 6.97. The van der Waals surface area contributed by atoms with E-state index in [1.54, 1.807) is 0 Å². The molecule has 15 heavy (non-hydrogen) atoms. The first-order valence-corrected chi connectivity index (χ1v) is 3.97. The number of carboxylic acids is 1. The van der Waals surface area contributed by atoms with Gasteiger partial charge < -0.3 is 9.84 Å².